The van der Waals surface area contributed by atoms with Gasteiger partial charge in [-0.2, -0.15) is 0 Å². The quantitative estimate of drug-likeness (QED) is 0.689. The molecule has 0 heterocycles. The molecule has 0 atom stereocenters. The summed E-state index contributed by atoms with van der Waals surface area (Å²) in [5.41, 5.74) is 1.28. The van der Waals surface area contributed by atoms with Crippen molar-refractivity contribution in [2.24, 2.45) is 0 Å². The molecule has 102 valence electrons. The normalized spacial score (nSPS) is 11.1. The maximum absolute atomic E-state index is 5.98. The van der Waals surface area contributed by atoms with Gasteiger partial charge >= 0.3 is 0 Å². The molecule has 0 radical (unpaired) electrons. The Balaban J connectivity index is 3.00. The van der Waals surface area contributed by atoms with Crippen molar-refractivity contribution in [2.45, 2.75) is 59.2 Å². The van der Waals surface area contributed by atoms with Crippen LogP contribution in [-0.2, 0) is 6.42 Å². The monoisotopic (exact) mass is 266 g/mol. The third-order valence-corrected chi connectivity index (χ3v) is 3.30. The Morgan fingerprint density at radius 1 is 1.22 bits per heavy atom. The van der Waals surface area contributed by atoms with Gasteiger partial charge in [0, 0.05) is 0 Å². The number of benzene rings is 1. The molecule has 1 aromatic rings. The summed E-state index contributed by atoms with van der Waals surface area (Å²) in [6.45, 7) is 10.7. The molecule has 0 bridgehead atoms. The maximum atomic E-state index is 5.98. The van der Waals surface area contributed by atoms with E-state index in [1.54, 1.807) is 0 Å². The van der Waals surface area contributed by atoms with Gasteiger partial charge < -0.3 is 9.16 Å². The molecule has 1 aromatic carbocycles. The molecule has 0 aromatic heterocycles. The second-order valence-electron chi connectivity index (χ2n) is 5.18. The molecular weight excluding hydrogens is 240 g/mol. The minimum atomic E-state index is -1.10. The minimum absolute atomic E-state index is 0.184. The van der Waals surface area contributed by atoms with Gasteiger partial charge in [-0.25, -0.2) is 0 Å². The number of para-hydroxylation sites is 1. The van der Waals surface area contributed by atoms with Crippen LogP contribution >= 0.6 is 0 Å². The predicted octanol–water partition coefficient (Wildman–Crippen LogP) is 4.18. The zero-order valence-corrected chi connectivity index (χ0v) is 13.5. The van der Waals surface area contributed by atoms with Crippen molar-refractivity contribution in [3.05, 3.63) is 23.8 Å². The first-order valence-corrected chi connectivity index (χ1v) is 9.77. The summed E-state index contributed by atoms with van der Waals surface area (Å²) < 4.78 is 12.0. The lowest BCUT2D eigenvalue weighted by Gasteiger charge is -2.20. The lowest BCUT2D eigenvalue weighted by atomic mass is 10.1. The number of hydrogen-bond acceptors (Lipinski definition) is 2. The molecular formula is C15H26O2Si. The van der Waals surface area contributed by atoms with Gasteiger partial charge in [0.2, 0.25) is 9.04 Å². The first-order chi connectivity index (χ1) is 8.54. The summed E-state index contributed by atoms with van der Waals surface area (Å²) in [5, 5.41) is 0. The highest BCUT2D eigenvalue weighted by Crippen LogP contribution is 2.33. The van der Waals surface area contributed by atoms with Gasteiger partial charge in [-0.05, 0) is 51.4 Å². The number of aryl methyl sites for hydroxylation is 1. The van der Waals surface area contributed by atoms with E-state index in [2.05, 4.69) is 46.0 Å². The molecule has 0 amide bonds. The van der Waals surface area contributed by atoms with E-state index in [1.165, 1.54) is 18.4 Å². The molecule has 18 heavy (non-hydrogen) atoms. The van der Waals surface area contributed by atoms with Crippen LogP contribution in [0.5, 0.6) is 11.5 Å². The summed E-state index contributed by atoms with van der Waals surface area (Å²) >= 11 is 0. The largest absolute Gasteiger partial charge is 0.544 e. The third-order valence-electron chi connectivity index (χ3n) is 2.58. The first kappa shape index (κ1) is 15.1. The van der Waals surface area contributed by atoms with Gasteiger partial charge in [0.25, 0.3) is 0 Å². The van der Waals surface area contributed by atoms with E-state index in [-0.39, 0.29) is 6.10 Å². The van der Waals surface area contributed by atoms with Crippen molar-refractivity contribution in [2.75, 3.05) is 0 Å². The Morgan fingerprint density at radius 2 is 1.94 bits per heavy atom. The Bertz CT molecular complexity index is 362. The van der Waals surface area contributed by atoms with Crippen molar-refractivity contribution in [1.82, 2.24) is 0 Å². The molecule has 1 rings (SSSR count). The highest BCUT2D eigenvalue weighted by Gasteiger charge is 2.13. The maximum Gasteiger partial charge on any atom is 0.229 e. The second kappa shape index (κ2) is 7.47. The second-order valence-corrected chi connectivity index (χ2v) is 7.51. The Labute approximate surface area is 113 Å². The van der Waals surface area contributed by atoms with E-state index in [0.29, 0.717) is 0 Å². The fraction of sp³-hybridized carbons (Fsp3) is 0.600. The van der Waals surface area contributed by atoms with E-state index >= 15 is 0 Å². The lowest BCUT2D eigenvalue weighted by molar-refractivity contribution is 0.233. The highest BCUT2D eigenvalue weighted by atomic mass is 28.3. The fourth-order valence-corrected chi connectivity index (χ4v) is 2.54. The van der Waals surface area contributed by atoms with Crippen LogP contribution in [-0.4, -0.2) is 15.1 Å². The van der Waals surface area contributed by atoms with Gasteiger partial charge in [-0.3, -0.25) is 0 Å². The van der Waals surface area contributed by atoms with Gasteiger partial charge in [0.05, 0.1) is 6.10 Å². The van der Waals surface area contributed by atoms with Crippen LogP contribution in [0.25, 0.3) is 0 Å². The SMILES string of the molecule is CCCCc1cccc(O[SiH](C)C)c1OC(C)C. The third kappa shape index (κ3) is 4.73. The zero-order valence-electron chi connectivity index (χ0n) is 12.3. The summed E-state index contributed by atoms with van der Waals surface area (Å²) in [6.07, 6.45) is 3.64. The average molecular weight is 266 g/mol. The molecule has 0 aliphatic rings. The number of rotatable bonds is 7. The average Bonchev–Trinajstić information content (AvgIpc) is 2.28. The first-order valence-electron chi connectivity index (χ1n) is 6.99. The van der Waals surface area contributed by atoms with E-state index in [9.17, 15) is 0 Å². The topological polar surface area (TPSA) is 18.5 Å². The van der Waals surface area contributed by atoms with Gasteiger partial charge in [-0.15, -0.1) is 0 Å². The van der Waals surface area contributed by atoms with Crippen LogP contribution in [0.3, 0.4) is 0 Å². The van der Waals surface area contributed by atoms with Crippen molar-refractivity contribution < 1.29 is 9.16 Å². The van der Waals surface area contributed by atoms with Crippen LogP contribution in [0.4, 0.5) is 0 Å². The molecule has 0 spiro atoms. The molecule has 0 aliphatic carbocycles. The van der Waals surface area contributed by atoms with Gasteiger partial charge in [-0.1, -0.05) is 25.5 Å². The summed E-state index contributed by atoms with van der Waals surface area (Å²) in [5.74, 6) is 1.89. The van der Waals surface area contributed by atoms with Gasteiger partial charge in [0.1, 0.15) is 5.75 Å². The summed E-state index contributed by atoms with van der Waals surface area (Å²) in [7, 11) is -1.10. The molecule has 2 nitrogen and oxygen atoms in total. The van der Waals surface area contributed by atoms with Crippen LogP contribution in [0.15, 0.2) is 18.2 Å². The number of hydrogen-bond donors (Lipinski definition) is 0. The smallest absolute Gasteiger partial charge is 0.229 e. The molecule has 0 saturated carbocycles. The summed E-state index contributed by atoms with van der Waals surface area (Å²) in [4.78, 5) is 0. The van der Waals surface area contributed by atoms with Crippen molar-refractivity contribution in [3.63, 3.8) is 0 Å². The predicted molar refractivity (Wildman–Crippen MR) is 80.3 cm³/mol. The van der Waals surface area contributed by atoms with Crippen LogP contribution in [0.1, 0.15) is 39.2 Å². The van der Waals surface area contributed by atoms with Crippen molar-refractivity contribution >= 4 is 9.04 Å². The molecule has 0 N–H and O–H groups in total. The summed E-state index contributed by atoms with van der Waals surface area (Å²) in [6, 6.07) is 6.26. The number of unbranched alkanes of at least 4 members (excludes halogenated alkanes) is 1. The Hall–Kier alpha value is -0.963. The zero-order chi connectivity index (χ0) is 13.5. The van der Waals surface area contributed by atoms with Crippen molar-refractivity contribution in [1.29, 1.82) is 0 Å². The van der Waals surface area contributed by atoms with Crippen LogP contribution < -0.4 is 9.16 Å². The highest BCUT2D eigenvalue weighted by molar-refractivity contribution is 6.49. The Kier molecular flexibility index (Phi) is 6.26. The van der Waals surface area contributed by atoms with Gasteiger partial charge in [0.15, 0.2) is 5.75 Å². The van der Waals surface area contributed by atoms with E-state index in [4.69, 9.17) is 9.16 Å². The fourth-order valence-electron chi connectivity index (χ4n) is 1.84. The lowest BCUT2D eigenvalue weighted by Crippen LogP contribution is -2.15. The molecule has 0 unspecified atom stereocenters. The molecule has 0 fully saturated rings. The van der Waals surface area contributed by atoms with E-state index < -0.39 is 9.04 Å². The molecule has 3 heteroatoms. The minimum Gasteiger partial charge on any atom is -0.544 e. The van der Waals surface area contributed by atoms with E-state index in [0.717, 1.165) is 17.9 Å². The molecule has 0 aliphatic heterocycles. The standard InChI is InChI=1S/C15H26O2Si/c1-6-7-9-13-10-8-11-14(17-18(4)5)15(13)16-12(2)3/h8,10-12,18H,6-7,9H2,1-5H3. The molecule has 0 saturated heterocycles. The Morgan fingerprint density at radius 3 is 2.50 bits per heavy atom. The van der Waals surface area contributed by atoms with Crippen molar-refractivity contribution in [3.8, 4) is 11.5 Å². The van der Waals surface area contributed by atoms with E-state index in [1.807, 2.05) is 6.07 Å². The van der Waals surface area contributed by atoms with Crippen LogP contribution in [0, 0.1) is 0 Å². The number of ether oxygens (including phenoxy) is 1. The van der Waals surface area contributed by atoms with Crippen LogP contribution in [0.2, 0.25) is 13.1 Å².